The van der Waals surface area contributed by atoms with Gasteiger partial charge in [-0.25, -0.2) is 0 Å². The van der Waals surface area contributed by atoms with Crippen molar-refractivity contribution in [3.8, 4) is 0 Å². The van der Waals surface area contributed by atoms with Gasteiger partial charge in [0.2, 0.25) is 0 Å². The highest BCUT2D eigenvalue weighted by molar-refractivity contribution is 5.52. The first-order valence-electron chi connectivity index (χ1n) is 11.6. The molecule has 0 bridgehead atoms. The average Bonchev–Trinajstić information content (AvgIpc) is 2.67. The molecule has 0 rings (SSSR count). The quantitative estimate of drug-likeness (QED) is 0.142. The molecule has 0 aromatic heterocycles. The van der Waals surface area contributed by atoms with E-state index in [0.717, 1.165) is 31.3 Å². The van der Waals surface area contributed by atoms with Gasteiger partial charge >= 0.3 is 0 Å². The fourth-order valence-electron chi connectivity index (χ4n) is 2.97. The lowest BCUT2D eigenvalue weighted by atomic mass is 9.95. The van der Waals surface area contributed by atoms with Crippen LogP contribution in [0.4, 0.5) is 0 Å². The minimum Gasteiger partial charge on any atom is -0.303 e. The Morgan fingerprint density at radius 2 is 1.46 bits per heavy atom. The summed E-state index contributed by atoms with van der Waals surface area (Å²) < 4.78 is 0. The van der Waals surface area contributed by atoms with E-state index in [2.05, 4.69) is 39.8 Å². The highest BCUT2D eigenvalue weighted by Crippen LogP contribution is 2.16. The van der Waals surface area contributed by atoms with Crippen LogP contribution in [-0.2, 0) is 9.59 Å². The number of hydrogen-bond acceptors (Lipinski definition) is 2. The van der Waals surface area contributed by atoms with Gasteiger partial charge in [0.1, 0.15) is 12.6 Å². The first-order valence-corrected chi connectivity index (χ1v) is 11.6. The van der Waals surface area contributed by atoms with Gasteiger partial charge in [-0.05, 0) is 51.9 Å². The second kappa shape index (κ2) is 23.9. The molecule has 0 saturated carbocycles. The van der Waals surface area contributed by atoms with Gasteiger partial charge in [-0.2, -0.15) is 0 Å². The van der Waals surface area contributed by atoms with Gasteiger partial charge in [0.15, 0.2) is 0 Å². The molecule has 0 aliphatic rings. The molecule has 0 heterocycles. The van der Waals surface area contributed by atoms with E-state index in [1.165, 1.54) is 69.8 Å². The summed E-state index contributed by atoms with van der Waals surface area (Å²) in [6, 6.07) is 0. The van der Waals surface area contributed by atoms with Crippen LogP contribution in [0.1, 0.15) is 118 Å². The van der Waals surface area contributed by atoms with Crippen molar-refractivity contribution in [2.75, 3.05) is 0 Å². The third kappa shape index (κ3) is 27.0. The molecule has 2 atom stereocenters. The van der Waals surface area contributed by atoms with Crippen LogP contribution >= 0.6 is 0 Å². The predicted molar refractivity (Wildman–Crippen MR) is 125 cm³/mol. The molecule has 0 N–H and O–H groups in total. The number of aldehydes is 2. The molecule has 0 amide bonds. The molecule has 0 saturated heterocycles. The third-order valence-corrected chi connectivity index (χ3v) is 4.92. The summed E-state index contributed by atoms with van der Waals surface area (Å²) in [7, 11) is 0. The van der Waals surface area contributed by atoms with Crippen molar-refractivity contribution in [2.45, 2.75) is 118 Å². The molecule has 0 fully saturated rings. The number of carbonyl (C=O) groups is 2. The zero-order valence-corrected chi connectivity index (χ0v) is 19.6. The first-order chi connectivity index (χ1) is 13.5. The predicted octanol–water partition coefficient (Wildman–Crippen LogP) is 8.26. The monoisotopic (exact) mass is 392 g/mol. The number of allylic oxidation sites excluding steroid dienone is 4. The van der Waals surface area contributed by atoms with Crippen LogP contribution in [0.15, 0.2) is 23.8 Å². The van der Waals surface area contributed by atoms with Crippen molar-refractivity contribution < 1.29 is 9.59 Å². The van der Waals surface area contributed by atoms with E-state index in [-0.39, 0.29) is 5.92 Å². The summed E-state index contributed by atoms with van der Waals surface area (Å²) in [5.41, 5.74) is 1.41. The Morgan fingerprint density at radius 3 is 2.07 bits per heavy atom. The van der Waals surface area contributed by atoms with E-state index in [1.54, 1.807) is 0 Å². The van der Waals surface area contributed by atoms with E-state index < -0.39 is 0 Å². The Labute approximate surface area is 176 Å². The maximum atomic E-state index is 10.4. The zero-order valence-electron chi connectivity index (χ0n) is 19.6. The molecule has 0 aliphatic heterocycles. The molecule has 0 radical (unpaired) electrons. The minimum atomic E-state index is 0.245. The Balaban J connectivity index is 0. The van der Waals surface area contributed by atoms with Gasteiger partial charge in [-0.3, -0.25) is 0 Å². The smallest absolute Gasteiger partial charge is 0.123 e. The summed E-state index contributed by atoms with van der Waals surface area (Å²) in [6.07, 6.45) is 24.2. The first kappa shape index (κ1) is 29.0. The molecule has 0 aromatic carbocycles. The third-order valence-electron chi connectivity index (χ3n) is 4.92. The van der Waals surface area contributed by atoms with Crippen LogP contribution in [-0.4, -0.2) is 12.6 Å². The van der Waals surface area contributed by atoms with E-state index in [9.17, 15) is 9.59 Å². The van der Waals surface area contributed by atoms with Gasteiger partial charge in [0.25, 0.3) is 0 Å². The lowest BCUT2D eigenvalue weighted by Crippen LogP contribution is -1.99. The van der Waals surface area contributed by atoms with Crippen molar-refractivity contribution in [3.63, 3.8) is 0 Å². The molecule has 2 unspecified atom stereocenters. The molecule has 2 nitrogen and oxygen atoms in total. The zero-order chi connectivity index (χ0) is 21.5. The number of hydrogen-bond donors (Lipinski definition) is 0. The van der Waals surface area contributed by atoms with Crippen LogP contribution in [0, 0.1) is 11.8 Å². The number of unbranched alkanes of at least 4 members (excludes halogenated alkanes) is 6. The molecule has 164 valence electrons. The average molecular weight is 393 g/mol. The van der Waals surface area contributed by atoms with Gasteiger partial charge in [0, 0.05) is 12.3 Å². The lowest BCUT2D eigenvalue weighted by Gasteiger charge is -2.10. The molecule has 0 aromatic rings. The molecular weight excluding hydrogens is 344 g/mol. The Kier molecular flexibility index (Phi) is 24.7. The summed E-state index contributed by atoms with van der Waals surface area (Å²) in [5.74, 6) is 1.04. The highest BCUT2D eigenvalue weighted by atomic mass is 16.1. The largest absolute Gasteiger partial charge is 0.303 e. The SMILES string of the molecule is CC(C)=CCCC(C)CCCC(C)C=O.CCCCCCCCC=CCC=O. The number of carbonyl (C=O) groups excluding carboxylic acids is 2. The van der Waals surface area contributed by atoms with Crippen molar-refractivity contribution >= 4 is 12.6 Å². The van der Waals surface area contributed by atoms with Crippen LogP contribution < -0.4 is 0 Å². The van der Waals surface area contributed by atoms with Gasteiger partial charge in [-0.1, -0.05) is 89.5 Å². The molecule has 0 spiro atoms. The summed E-state index contributed by atoms with van der Waals surface area (Å²) in [6.45, 7) is 10.8. The fraction of sp³-hybridized carbons (Fsp3) is 0.769. The van der Waals surface area contributed by atoms with E-state index in [1.807, 2.05) is 13.0 Å². The van der Waals surface area contributed by atoms with Gasteiger partial charge in [0.05, 0.1) is 0 Å². The van der Waals surface area contributed by atoms with Crippen LogP contribution in [0.5, 0.6) is 0 Å². The maximum absolute atomic E-state index is 10.4. The van der Waals surface area contributed by atoms with Gasteiger partial charge in [-0.15, -0.1) is 0 Å². The maximum Gasteiger partial charge on any atom is 0.123 e. The van der Waals surface area contributed by atoms with Crippen molar-refractivity contribution in [3.05, 3.63) is 23.8 Å². The second-order valence-electron chi connectivity index (χ2n) is 8.44. The standard InChI is InChI=1S/C14H26O.C12H22O/c1-12(2)7-5-8-13(3)9-6-10-14(4)11-15;1-2-3-4-5-6-7-8-9-10-11-12-13/h7,11,13-14H,5-6,8-10H2,1-4H3;9-10,12H,2-8,11H2,1H3. The highest BCUT2D eigenvalue weighted by Gasteiger charge is 2.03. The van der Waals surface area contributed by atoms with Gasteiger partial charge < -0.3 is 9.59 Å². The molecule has 0 aliphatic carbocycles. The molecule has 28 heavy (non-hydrogen) atoms. The van der Waals surface area contributed by atoms with Crippen molar-refractivity contribution in [1.82, 2.24) is 0 Å². The molecule has 2 heteroatoms. The van der Waals surface area contributed by atoms with Crippen LogP contribution in [0.2, 0.25) is 0 Å². The Bertz CT molecular complexity index is 391. The molecular formula is C26H48O2. The summed E-state index contributed by atoms with van der Waals surface area (Å²) >= 11 is 0. The normalized spacial score (nSPS) is 12.8. The second-order valence-corrected chi connectivity index (χ2v) is 8.44. The van der Waals surface area contributed by atoms with Crippen molar-refractivity contribution in [2.24, 2.45) is 11.8 Å². The van der Waals surface area contributed by atoms with Crippen LogP contribution in [0.3, 0.4) is 0 Å². The van der Waals surface area contributed by atoms with E-state index in [0.29, 0.717) is 6.42 Å². The topological polar surface area (TPSA) is 34.1 Å². The van der Waals surface area contributed by atoms with Crippen LogP contribution in [0.25, 0.3) is 0 Å². The Morgan fingerprint density at radius 1 is 0.786 bits per heavy atom. The minimum absolute atomic E-state index is 0.245. The summed E-state index contributed by atoms with van der Waals surface area (Å²) in [5, 5.41) is 0. The lowest BCUT2D eigenvalue weighted by molar-refractivity contribution is -0.111. The summed E-state index contributed by atoms with van der Waals surface area (Å²) in [4.78, 5) is 20.4. The van der Waals surface area contributed by atoms with E-state index in [4.69, 9.17) is 0 Å². The Hall–Kier alpha value is -1.18. The van der Waals surface area contributed by atoms with Crippen molar-refractivity contribution in [1.29, 1.82) is 0 Å². The fourth-order valence-corrected chi connectivity index (χ4v) is 2.97. The number of rotatable bonds is 17. The van der Waals surface area contributed by atoms with E-state index >= 15 is 0 Å².